The number of benzene rings is 2. The first-order valence-corrected chi connectivity index (χ1v) is 7.52. The summed E-state index contributed by atoms with van der Waals surface area (Å²) in [5.41, 5.74) is 2.03. The van der Waals surface area contributed by atoms with Crippen molar-refractivity contribution in [2.75, 3.05) is 10.6 Å². The molecule has 0 aliphatic rings. The minimum absolute atomic E-state index is 0.313. The monoisotopic (exact) mass is 366 g/mol. The van der Waals surface area contributed by atoms with E-state index in [-0.39, 0.29) is 0 Å². The molecular formula is C16H11BrN6. The number of nitrogens with one attached hydrogen (secondary N) is 2. The third-order valence-corrected chi connectivity index (χ3v) is 3.44. The molecule has 0 saturated heterocycles. The molecule has 0 radical (unpaired) electrons. The van der Waals surface area contributed by atoms with Gasteiger partial charge >= 0.3 is 0 Å². The summed E-state index contributed by atoms with van der Waals surface area (Å²) in [4.78, 5) is 4.35. The normalized spacial score (nSPS) is 9.91. The molecule has 0 unspecified atom stereocenters. The van der Waals surface area contributed by atoms with Crippen LogP contribution in [-0.2, 0) is 0 Å². The number of nitriles is 1. The van der Waals surface area contributed by atoms with Gasteiger partial charge in [0.15, 0.2) is 5.82 Å². The van der Waals surface area contributed by atoms with Crippen molar-refractivity contribution in [1.29, 1.82) is 5.26 Å². The number of hydrogen-bond donors (Lipinski definition) is 2. The SMILES string of the molecule is N#Cc1ccccc1Nc1nncc(Nc2cccc(Br)c2)n1. The van der Waals surface area contributed by atoms with Crippen LogP contribution in [-0.4, -0.2) is 15.2 Å². The summed E-state index contributed by atoms with van der Waals surface area (Å²) in [5.74, 6) is 0.864. The quantitative estimate of drug-likeness (QED) is 0.725. The Hall–Kier alpha value is -2.98. The van der Waals surface area contributed by atoms with Crippen LogP contribution in [0.15, 0.2) is 59.2 Å². The Morgan fingerprint density at radius 3 is 2.74 bits per heavy atom. The Labute approximate surface area is 141 Å². The summed E-state index contributed by atoms with van der Waals surface area (Å²) in [6.07, 6.45) is 1.53. The highest BCUT2D eigenvalue weighted by molar-refractivity contribution is 9.10. The van der Waals surface area contributed by atoms with Crippen LogP contribution in [0.5, 0.6) is 0 Å². The predicted octanol–water partition coefficient (Wildman–Crippen LogP) is 3.99. The van der Waals surface area contributed by atoms with Crippen LogP contribution < -0.4 is 10.6 Å². The van der Waals surface area contributed by atoms with Gasteiger partial charge < -0.3 is 10.6 Å². The van der Waals surface area contributed by atoms with Crippen molar-refractivity contribution >= 4 is 39.1 Å². The van der Waals surface area contributed by atoms with Gasteiger partial charge in [0.05, 0.1) is 17.4 Å². The van der Waals surface area contributed by atoms with Crippen molar-refractivity contribution in [3.05, 3.63) is 64.8 Å². The molecule has 0 fully saturated rings. The van der Waals surface area contributed by atoms with E-state index in [1.54, 1.807) is 18.2 Å². The minimum Gasteiger partial charge on any atom is -0.339 e. The van der Waals surface area contributed by atoms with Gasteiger partial charge in [-0.05, 0) is 30.3 Å². The number of anilines is 4. The first-order valence-electron chi connectivity index (χ1n) is 6.73. The van der Waals surface area contributed by atoms with Crippen LogP contribution in [0, 0.1) is 11.3 Å². The third kappa shape index (κ3) is 3.81. The van der Waals surface area contributed by atoms with Crippen molar-refractivity contribution in [1.82, 2.24) is 15.2 Å². The van der Waals surface area contributed by atoms with E-state index >= 15 is 0 Å². The average Bonchev–Trinajstić information content (AvgIpc) is 2.56. The Balaban J connectivity index is 1.81. The fourth-order valence-corrected chi connectivity index (χ4v) is 2.34. The standard InChI is InChI=1S/C16H11BrN6/c17-12-5-3-6-13(8-12)20-15-10-19-23-16(22-15)21-14-7-2-1-4-11(14)9-18/h1-8,10H,(H2,20,21,22,23). The van der Waals surface area contributed by atoms with Crippen LogP contribution in [0.25, 0.3) is 0 Å². The van der Waals surface area contributed by atoms with Crippen LogP contribution in [0.2, 0.25) is 0 Å². The lowest BCUT2D eigenvalue weighted by atomic mass is 10.2. The van der Waals surface area contributed by atoms with Gasteiger partial charge in [-0.15, -0.1) is 5.10 Å². The molecule has 1 heterocycles. The zero-order chi connectivity index (χ0) is 16.1. The zero-order valence-electron chi connectivity index (χ0n) is 11.9. The number of aromatic nitrogens is 3. The molecule has 7 heteroatoms. The molecule has 23 heavy (non-hydrogen) atoms. The van der Waals surface area contributed by atoms with Gasteiger partial charge in [-0.3, -0.25) is 0 Å². The molecule has 0 aliphatic carbocycles. The molecule has 3 rings (SSSR count). The average molecular weight is 367 g/mol. The Morgan fingerprint density at radius 2 is 1.91 bits per heavy atom. The maximum Gasteiger partial charge on any atom is 0.249 e. The van der Waals surface area contributed by atoms with E-state index < -0.39 is 0 Å². The number of hydrogen-bond acceptors (Lipinski definition) is 6. The van der Waals surface area contributed by atoms with Gasteiger partial charge in [0, 0.05) is 10.2 Å². The third-order valence-electron chi connectivity index (χ3n) is 2.95. The summed E-state index contributed by atoms with van der Waals surface area (Å²) in [7, 11) is 0. The first-order chi connectivity index (χ1) is 11.2. The summed E-state index contributed by atoms with van der Waals surface area (Å²) < 4.78 is 0.964. The summed E-state index contributed by atoms with van der Waals surface area (Å²) in [6.45, 7) is 0. The van der Waals surface area contributed by atoms with E-state index in [4.69, 9.17) is 5.26 Å². The maximum atomic E-state index is 9.11. The van der Waals surface area contributed by atoms with Crippen LogP contribution in [0.4, 0.5) is 23.1 Å². The van der Waals surface area contributed by atoms with Gasteiger partial charge in [0.25, 0.3) is 0 Å². The molecule has 0 amide bonds. The fourth-order valence-electron chi connectivity index (χ4n) is 1.94. The van der Waals surface area contributed by atoms with Gasteiger partial charge in [-0.1, -0.05) is 34.1 Å². The lowest BCUT2D eigenvalue weighted by molar-refractivity contribution is 0.982. The van der Waals surface area contributed by atoms with Crippen molar-refractivity contribution in [2.45, 2.75) is 0 Å². The lowest BCUT2D eigenvalue weighted by Crippen LogP contribution is -2.03. The molecule has 0 spiro atoms. The highest BCUT2D eigenvalue weighted by Gasteiger charge is 2.05. The van der Waals surface area contributed by atoms with Crippen LogP contribution in [0.3, 0.4) is 0 Å². The minimum atomic E-state index is 0.313. The second kappa shape index (κ2) is 6.85. The molecule has 0 atom stereocenters. The number of nitrogens with zero attached hydrogens (tertiary/aromatic N) is 4. The number of para-hydroxylation sites is 1. The molecular weight excluding hydrogens is 356 g/mol. The molecule has 0 bridgehead atoms. The Morgan fingerprint density at radius 1 is 1.04 bits per heavy atom. The van der Waals surface area contributed by atoms with Gasteiger partial charge in [-0.2, -0.15) is 15.3 Å². The van der Waals surface area contributed by atoms with Crippen LogP contribution >= 0.6 is 15.9 Å². The van der Waals surface area contributed by atoms with Crippen LogP contribution in [0.1, 0.15) is 5.56 Å². The van der Waals surface area contributed by atoms with E-state index in [0.717, 1.165) is 10.2 Å². The second-order valence-corrected chi connectivity index (χ2v) is 5.50. The molecule has 112 valence electrons. The smallest absolute Gasteiger partial charge is 0.249 e. The van der Waals surface area contributed by atoms with Crippen molar-refractivity contribution in [3.8, 4) is 6.07 Å². The fraction of sp³-hybridized carbons (Fsp3) is 0. The van der Waals surface area contributed by atoms with E-state index in [0.29, 0.717) is 23.0 Å². The van der Waals surface area contributed by atoms with Gasteiger partial charge in [-0.25, -0.2) is 0 Å². The second-order valence-electron chi connectivity index (χ2n) is 4.58. The molecule has 3 aromatic rings. The molecule has 6 nitrogen and oxygen atoms in total. The van der Waals surface area contributed by atoms with Gasteiger partial charge in [0.1, 0.15) is 6.07 Å². The Kier molecular flexibility index (Phi) is 4.45. The first kappa shape index (κ1) is 14.9. The lowest BCUT2D eigenvalue weighted by Gasteiger charge is -2.08. The number of rotatable bonds is 4. The highest BCUT2D eigenvalue weighted by Crippen LogP contribution is 2.21. The van der Waals surface area contributed by atoms with Crippen molar-refractivity contribution in [3.63, 3.8) is 0 Å². The summed E-state index contributed by atoms with van der Waals surface area (Å²) >= 11 is 3.42. The predicted molar refractivity (Wildman–Crippen MR) is 91.7 cm³/mol. The van der Waals surface area contributed by atoms with Crippen molar-refractivity contribution in [2.24, 2.45) is 0 Å². The summed E-state index contributed by atoms with van der Waals surface area (Å²) in [5, 5.41) is 23.1. The largest absolute Gasteiger partial charge is 0.339 e. The van der Waals surface area contributed by atoms with Gasteiger partial charge in [0.2, 0.25) is 5.95 Å². The molecule has 2 aromatic carbocycles. The van der Waals surface area contributed by atoms with E-state index in [1.165, 1.54) is 6.20 Å². The maximum absolute atomic E-state index is 9.11. The number of halogens is 1. The summed E-state index contributed by atoms with van der Waals surface area (Å²) in [6, 6.07) is 17.0. The van der Waals surface area contributed by atoms with Crippen molar-refractivity contribution < 1.29 is 0 Å². The molecule has 2 N–H and O–H groups in total. The molecule has 0 saturated carbocycles. The molecule has 0 aliphatic heterocycles. The van der Waals surface area contributed by atoms with E-state index in [1.807, 2.05) is 30.3 Å². The zero-order valence-corrected chi connectivity index (χ0v) is 13.4. The Bertz CT molecular complexity index is 874. The molecule has 1 aromatic heterocycles. The van der Waals surface area contributed by atoms with E-state index in [2.05, 4.69) is 47.8 Å². The highest BCUT2D eigenvalue weighted by atomic mass is 79.9. The van der Waals surface area contributed by atoms with E-state index in [9.17, 15) is 0 Å². The topological polar surface area (TPSA) is 86.5 Å².